The first-order valence-electron chi connectivity index (χ1n) is 8.02. The average molecular weight is 310 g/mol. The van der Waals surface area contributed by atoms with Crippen molar-refractivity contribution in [3.8, 4) is 0 Å². The van der Waals surface area contributed by atoms with Crippen molar-refractivity contribution < 1.29 is 9.53 Å². The summed E-state index contributed by atoms with van der Waals surface area (Å²) in [6.07, 6.45) is 0. The van der Waals surface area contributed by atoms with Gasteiger partial charge in [0.2, 0.25) is 0 Å². The molecule has 0 saturated carbocycles. The van der Waals surface area contributed by atoms with E-state index in [9.17, 15) is 4.79 Å². The van der Waals surface area contributed by atoms with E-state index >= 15 is 0 Å². The number of rotatable bonds is 5. The van der Waals surface area contributed by atoms with Gasteiger partial charge in [-0.3, -0.25) is 9.69 Å². The van der Waals surface area contributed by atoms with Crippen LogP contribution in [-0.4, -0.2) is 37.1 Å². The first kappa shape index (κ1) is 15.7. The van der Waals surface area contributed by atoms with Crippen LogP contribution in [0.4, 0.5) is 0 Å². The molecule has 0 bridgehead atoms. The Morgan fingerprint density at radius 2 is 1.74 bits per heavy atom. The summed E-state index contributed by atoms with van der Waals surface area (Å²) in [7, 11) is 0. The van der Waals surface area contributed by atoms with Crippen molar-refractivity contribution in [2.45, 2.75) is 13.1 Å². The maximum atomic E-state index is 12.3. The van der Waals surface area contributed by atoms with Crippen molar-refractivity contribution in [3.05, 3.63) is 71.3 Å². The molecule has 120 valence electrons. The van der Waals surface area contributed by atoms with Gasteiger partial charge >= 0.3 is 0 Å². The lowest BCUT2D eigenvalue weighted by Gasteiger charge is -2.26. The predicted octanol–water partition coefficient (Wildman–Crippen LogP) is 2.45. The highest BCUT2D eigenvalue weighted by molar-refractivity contribution is 5.94. The molecule has 1 N–H and O–H groups in total. The second kappa shape index (κ2) is 7.90. The quantitative estimate of drug-likeness (QED) is 0.922. The number of carbonyl (C=O) groups excluding carboxylic acids is 1. The Hall–Kier alpha value is -2.17. The fraction of sp³-hybridized carbons (Fsp3) is 0.316. The van der Waals surface area contributed by atoms with Crippen molar-refractivity contribution in [2.24, 2.45) is 0 Å². The van der Waals surface area contributed by atoms with E-state index in [1.54, 1.807) is 0 Å². The molecule has 1 aliphatic heterocycles. The van der Waals surface area contributed by atoms with E-state index in [1.165, 1.54) is 5.56 Å². The van der Waals surface area contributed by atoms with Crippen LogP contribution < -0.4 is 5.32 Å². The van der Waals surface area contributed by atoms with E-state index in [2.05, 4.69) is 16.3 Å². The van der Waals surface area contributed by atoms with E-state index in [-0.39, 0.29) is 5.91 Å². The molecule has 0 unspecified atom stereocenters. The molecule has 23 heavy (non-hydrogen) atoms. The number of amides is 1. The zero-order valence-corrected chi connectivity index (χ0v) is 13.2. The zero-order chi connectivity index (χ0) is 15.9. The monoisotopic (exact) mass is 310 g/mol. The van der Waals surface area contributed by atoms with Gasteiger partial charge in [-0.15, -0.1) is 0 Å². The molecule has 0 atom stereocenters. The van der Waals surface area contributed by atoms with E-state index < -0.39 is 0 Å². The lowest BCUT2D eigenvalue weighted by atomic mass is 10.1. The topological polar surface area (TPSA) is 41.6 Å². The lowest BCUT2D eigenvalue weighted by molar-refractivity contribution is 0.0342. The van der Waals surface area contributed by atoms with Crippen LogP contribution in [0.25, 0.3) is 0 Å². The SMILES string of the molecule is O=C(NCc1ccccc1)c1cccc(CN2CCOCC2)c1. The summed E-state index contributed by atoms with van der Waals surface area (Å²) in [6, 6.07) is 17.8. The van der Waals surface area contributed by atoms with Gasteiger partial charge in [-0.1, -0.05) is 42.5 Å². The third-order valence-electron chi connectivity index (χ3n) is 3.99. The van der Waals surface area contributed by atoms with Crippen molar-refractivity contribution in [3.63, 3.8) is 0 Å². The smallest absolute Gasteiger partial charge is 0.251 e. The Bertz CT molecular complexity index is 637. The molecule has 4 heteroatoms. The standard InChI is InChI=1S/C19H22N2O2/c22-19(20-14-16-5-2-1-3-6-16)18-8-4-7-17(13-18)15-21-9-11-23-12-10-21/h1-8,13H,9-12,14-15H2,(H,20,22). The van der Waals surface area contributed by atoms with Gasteiger partial charge in [0.15, 0.2) is 0 Å². The number of morpholine rings is 1. The maximum absolute atomic E-state index is 12.3. The third kappa shape index (κ3) is 4.65. The van der Waals surface area contributed by atoms with Crippen molar-refractivity contribution in [1.29, 1.82) is 0 Å². The molecule has 3 rings (SSSR count). The highest BCUT2D eigenvalue weighted by atomic mass is 16.5. The maximum Gasteiger partial charge on any atom is 0.251 e. The van der Waals surface area contributed by atoms with Gasteiger partial charge in [-0.05, 0) is 23.3 Å². The van der Waals surface area contributed by atoms with Gasteiger partial charge in [-0.2, -0.15) is 0 Å². The molecule has 1 amide bonds. The summed E-state index contributed by atoms with van der Waals surface area (Å²) in [4.78, 5) is 14.7. The van der Waals surface area contributed by atoms with Gasteiger partial charge in [0, 0.05) is 31.7 Å². The molecule has 0 spiro atoms. The molecule has 0 aromatic heterocycles. The zero-order valence-electron chi connectivity index (χ0n) is 13.2. The van der Waals surface area contributed by atoms with Gasteiger partial charge in [0.05, 0.1) is 13.2 Å². The number of nitrogens with zero attached hydrogens (tertiary/aromatic N) is 1. The number of benzene rings is 2. The van der Waals surface area contributed by atoms with Gasteiger partial charge < -0.3 is 10.1 Å². The molecule has 4 nitrogen and oxygen atoms in total. The molecular weight excluding hydrogens is 288 g/mol. The third-order valence-corrected chi connectivity index (χ3v) is 3.99. The molecule has 1 saturated heterocycles. The van der Waals surface area contributed by atoms with E-state index in [0.717, 1.165) is 38.4 Å². The summed E-state index contributed by atoms with van der Waals surface area (Å²) in [5, 5.41) is 2.97. The van der Waals surface area contributed by atoms with Crippen LogP contribution in [0.3, 0.4) is 0 Å². The van der Waals surface area contributed by atoms with Gasteiger partial charge in [0.25, 0.3) is 5.91 Å². The van der Waals surface area contributed by atoms with Gasteiger partial charge in [-0.25, -0.2) is 0 Å². The number of hydrogen-bond acceptors (Lipinski definition) is 3. The Morgan fingerprint density at radius 1 is 1.00 bits per heavy atom. The van der Waals surface area contributed by atoms with Crippen LogP contribution in [-0.2, 0) is 17.8 Å². The molecule has 1 fully saturated rings. The Balaban J connectivity index is 1.58. The van der Waals surface area contributed by atoms with Crippen LogP contribution in [0, 0.1) is 0 Å². The summed E-state index contributed by atoms with van der Waals surface area (Å²) in [5.41, 5.74) is 2.98. The van der Waals surface area contributed by atoms with Crippen LogP contribution in [0.1, 0.15) is 21.5 Å². The first-order chi connectivity index (χ1) is 11.3. The van der Waals surface area contributed by atoms with Crippen molar-refractivity contribution >= 4 is 5.91 Å². The molecule has 1 aliphatic rings. The minimum atomic E-state index is -0.0299. The van der Waals surface area contributed by atoms with Crippen LogP contribution in [0.2, 0.25) is 0 Å². The Morgan fingerprint density at radius 3 is 2.52 bits per heavy atom. The summed E-state index contributed by atoms with van der Waals surface area (Å²) in [6.45, 7) is 4.89. The molecule has 0 aliphatic carbocycles. The average Bonchev–Trinajstić information content (AvgIpc) is 2.62. The number of ether oxygens (including phenoxy) is 1. The lowest BCUT2D eigenvalue weighted by Crippen LogP contribution is -2.35. The summed E-state index contributed by atoms with van der Waals surface area (Å²) >= 11 is 0. The molecular formula is C19H22N2O2. The minimum Gasteiger partial charge on any atom is -0.379 e. The van der Waals surface area contributed by atoms with E-state index in [4.69, 9.17) is 4.74 Å². The normalized spacial score (nSPS) is 15.3. The molecule has 2 aromatic carbocycles. The fourth-order valence-corrected chi connectivity index (χ4v) is 2.71. The molecule has 0 radical (unpaired) electrons. The Kier molecular flexibility index (Phi) is 5.40. The van der Waals surface area contributed by atoms with Crippen molar-refractivity contribution in [1.82, 2.24) is 10.2 Å². The largest absolute Gasteiger partial charge is 0.379 e. The first-order valence-corrected chi connectivity index (χ1v) is 8.02. The summed E-state index contributed by atoms with van der Waals surface area (Å²) < 4.78 is 5.37. The van der Waals surface area contributed by atoms with Crippen LogP contribution in [0.15, 0.2) is 54.6 Å². The fourth-order valence-electron chi connectivity index (χ4n) is 2.71. The van der Waals surface area contributed by atoms with Crippen molar-refractivity contribution in [2.75, 3.05) is 26.3 Å². The molecule has 1 heterocycles. The molecule has 2 aromatic rings. The second-order valence-corrected chi connectivity index (χ2v) is 5.76. The predicted molar refractivity (Wildman–Crippen MR) is 90.2 cm³/mol. The minimum absolute atomic E-state index is 0.0299. The Labute approximate surface area is 137 Å². The van der Waals surface area contributed by atoms with Gasteiger partial charge in [0.1, 0.15) is 0 Å². The summed E-state index contributed by atoms with van der Waals surface area (Å²) in [5.74, 6) is -0.0299. The second-order valence-electron chi connectivity index (χ2n) is 5.76. The number of carbonyl (C=O) groups is 1. The highest BCUT2D eigenvalue weighted by Gasteiger charge is 2.12. The highest BCUT2D eigenvalue weighted by Crippen LogP contribution is 2.10. The number of nitrogens with one attached hydrogen (secondary N) is 1. The number of hydrogen-bond donors (Lipinski definition) is 1. The van der Waals surface area contributed by atoms with E-state index in [0.29, 0.717) is 12.1 Å². The van der Waals surface area contributed by atoms with Crippen LogP contribution in [0.5, 0.6) is 0 Å². The van der Waals surface area contributed by atoms with Crippen LogP contribution >= 0.6 is 0 Å². The van der Waals surface area contributed by atoms with E-state index in [1.807, 2.05) is 48.5 Å².